The quantitative estimate of drug-likeness (QED) is 0.0420. The van der Waals surface area contributed by atoms with Crippen LogP contribution >= 0.6 is 0 Å². The van der Waals surface area contributed by atoms with Crippen LogP contribution in [-0.4, -0.2) is 30.6 Å². The van der Waals surface area contributed by atoms with Gasteiger partial charge in [0.05, 0.1) is 0 Å². The van der Waals surface area contributed by atoms with Crippen LogP contribution in [-0.2, 0) is 19.1 Å². The third-order valence-corrected chi connectivity index (χ3v) is 8.89. The number of hydrogen-bond donors (Lipinski definition) is 0. The largest absolute Gasteiger partial charge is 0.461 e. The van der Waals surface area contributed by atoms with Gasteiger partial charge in [-0.05, 0) is 74.9 Å². The first kappa shape index (κ1) is 51.4. The molecule has 0 N–H and O–H groups in total. The van der Waals surface area contributed by atoms with Crippen LogP contribution in [0.5, 0.6) is 0 Å². The maximum Gasteiger partial charge on any atom is 0.306 e. The summed E-state index contributed by atoms with van der Waals surface area (Å²) in [4.78, 5) is 23.4. The standard InChI is InChI=1S/C23H44O2.C22H40F2O2/c1-5-6-7-8-9-10-11-15-18-21-25-22(24)19-16-13-12-14-17-20-23(2,3)4;1-6-7-12-17-22(23,24)18-15-19(2)26-20(25)14-11-9-8-10-13-16-21(3,4)5/h15,18H,5-14,16-17,19-21H2,1-4H3;15,18-19H,6-14,16-17H2,1-5H3/b2*18-15-. The van der Waals surface area contributed by atoms with Crippen molar-refractivity contribution in [3.63, 3.8) is 0 Å². The van der Waals surface area contributed by atoms with E-state index in [0.29, 0.717) is 36.7 Å². The summed E-state index contributed by atoms with van der Waals surface area (Å²) in [5.74, 6) is -3.16. The van der Waals surface area contributed by atoms with E-state index < -0.39 is 12.0 Å². The lowest BCUT2D eigenvalue weighted by Gasteiger charge is -2.17. The molecule has 0 fully saturated rings. The van der Waals surface area contributed by atoms with E-state index in [-0.39, 0.29) is 18.4 Å². The van der Waals surface area contributed by atoms with Crippen molar-refractivity contribution in [2.75, 3.05) is 6.61 Å². The van der Waals surface area contributed by atoms with Gasteiger partial charge in [0.2, 0.25) is 0 Å². The van der Waals surface area contributed by atoms with Gasteiger partial charge in [0.1, 0.15) is 12.7 Å². The van der Waals surface area contributed by atoms with Gasteiger partial charge < -0.3 is 9.47 Å². The van der Waals surface area contributed by atoms with Crippen LogP contribution < -0.4 is 0 Å². The van der Waals surface area contributed by atoms with Gasteiger partial charge in [-0.2, -0.15) is 0 Å². The fourth-order valence-corrected chi connectivity index (χ4v) is 5.63. The minimum absolute atomic E-state index is 0.0427. The van der Waals surface area contributed by atoms with E-state index in [4.69, 9.17) is 9.47 Å². The Labute approximate surface area is 315 Å². The zero-order chi connectivity index (χ0) is 38.9. The Hall–Kier alpha value is -1.72. The molecule has 0 saturated heterocycles. The van der Waals surface area contributed by atoms with Crippen LogP contribution in [0.15, 0.2) is 24.3 Å². The average molecular weight is 727 g/mol. The fourth-order valence-electron chi connectivity index (χ4n) is 5.63. The van der Waals surface area contributed by atoms with Crippen molar-refractivity contribution < 1.29 is 27.8 Å². The van der Waals surface area contributed by atoms with Crippen LogP contribution in [0, 0.1) is 10.8 Å². The number of carbonyl (C=O) groups excluding carboxylic acids is 2. The molecular weight excluding hydrogens is 642 g/mol. The smallest absolute Gasteiger partial charge is 0.306 e. The maximum absolute atomic E-state index is 13.6. The molecule has 1 atom stereocenters. The molecule has 0 aromatic rings. The van der Waals surface area contributed by atoms with Crippen molar-refractivity contribution in [1.29, 1.82) is 0 Å². The highest BCUT2D eigenvalue weighted by Crippen LogP contribution is 2.25. The molecule has 0 aliphatic heterocycles. The summed E-state index contributed by atoms with van der Waals surface area (Å²) >= 11 is 0. The molecule has 0 aromatic carbocycles. The summed E-state index contributed by atoms with van der Waals surface area (Å²) in [5, 5.41) is 0. The number of allylic oxidation sites excluding steroid dienone is 2. The monoisotopic (exact) mass is 727 g/mol. The lowest BCUT2D eigenvalue weighted by Crippen LogP contribution is -2.16. The average Bonchev–Trinajstić information content (AvgIpc) is 3.03. The molecule has 0 bridgehead atoms. The van der Waals surface area contributed by atoms with Crippen LogP contribution in [0.2, 0.25) is 0 Å². The Kier molecular flexibility index (Phi) is 33.1. The molecule has 0 aromatic heterocycles. The Morgan fingerprint density at radius 2 is 1.00 bits per heavy atom. The predicted octanol–water partition coefficient (Wildman–Crippen LogP) is 15.1. The number of unbranched alkanes of at least 4 members (excludes halogenated alkanes) is 16. The molecule has 0 saturated carbocycles. The first-order valence-corrected chi connectivity index (χ1v) is 21.1. The van der Waals surface area contributed by atoms with Gasteiger partial charge in [0, 0.05) is 19.3 Å². The van der Waals surface area contributed by atoms with E-state index in [1.165, 1.54) is 89.5 Å². The molecule has 0 spiro atoms. The summed E-state index contributed by atoms with van der Waals surface area (Å²) < 4.78 is 37.7. The number of alkyl halides is 2. The second kappa shape index (κ2) is 32.9. The zero-order valence-electron chi connectivity index (χ0n) is 35.2. The summed E-state index contributed by atoms with van der Waals surface area (Å²) in [6.45, 7) is 19.9. The number of esters is 2. The summed E-state index contributed by atoms with van der Waals surface area (Å²) in [5.41, 5.74) is 0.840. The summed E-state index contributed by atoms with van der Waals surface area (Å²) in [6, 6.07) is 0. The van der Waals surface area contributed by atoms with Gasteiger partial charge in [-0.25, -0.2) is 8.78 Å². The van der Waals surface area contributed by atoms with Crippen molar-refractivity contribution in [1.82, 2.24) is 0 Å². The maximum atomic E-state index is 13.6. The molecule has 4 nitrogen and oxygen atoms in total. The molecule has 1 unspecified atom stereocenters. The first-order chi connectivity index (χ1) is 24.0. The fraction of sp³-hybridized carbons (Fsp3) is 0.867. The Morgan fingerprint density at radius 3 is 1.53 bits per heavy atom. The molecule has 51 heavy (non-hydrogen) atoms. The molecule has 0 aliphatic carbocycles. The minimum Gasteiger partial charge on any atom is -0.461 e. The number of carbonyl (C=O) groups is 2. The van der Waals surface area contributed by atoms with E-state index in [1.54, 1.807) is 6.92 Å². The van der Waals surface area contributed by atoms with Gasteiger partial charge in [-0.3, -0.25) is 9.59 Å². The van der Waals surface area contributed by atoms with Crippen LogP contribution in [0.4, 0.5) is 8.78 Å². The highest BCUT2D eigenvalue weighted by Gasteiger charge is 2.24. The van der Waals surface area contributed by atoms with Crippen molar-refractivity contribution in [3.05, 3.63) is 24.3 Å². The summed E-state index contributed by atoms with van der Waals surface area (Å²) in [7, 11) is 0. The van der Waals surface area contributed by atoms with Crippen LogP contribution in [0.25, 0.3) is 0 Å². The SMILES string of the molecule is CCCCCC(F)(F)/C=C\C(C)OC(=O)CCCCCCCC(C)(C)C.CCCCCCCC/C=C\COC(=O)CCCCCCCC(C)(C)C. The Bertz CT molecular complexity index is 866. The molecular formula is C45H84F2O4. The molecule has 0 rings (SSSR count). The van der Waals surface area contributed by atoms with Gasteiger partial charge >= 0.3 is 11.9 Å². The lowest BCUT2D eigenvalue weighted by atomic mass is 9.89. The Balaban J connectivity index is 0. The number of hydrogen-bond acceptors (Lipinski definition) is 4. The normalized spacial score (nSPS) is 13.0. The van der Waals surface area contributed by atoms with E-state index in [9.17, 15) is 18.4 Å². The van der Waals surface area contributed by atoms with Gasteiger partial charge in [0.15, 0.2) is 0 Å². The van der Waals surface area contributed by atoms with E-state index in [0.717, 1.165) is 57.4 Å². The molecule has 302 valence electrons. The zero-order valence-corrected chi connectivity index (χ0v) is 35.2. The number of ether oxygens (including phenoxy) is 2. The molecule has 0 aliphatic rings. The number of rotatable bonds is 30. The molecule has 0 amide bonds. The van der Waals surface area contributed by atoms with Crippen LogP contribution in [0.1, 0.15) is 223 Å². The molecule has 0 radical (unpaired) electrons. The van der Waals surface area contributed by atoms with E-state index in [1.807, 2.05) is 13.0 Å². The second-order valence-corrected chi connectivity index (χ2v) is 17.1. The van der Waals surface area contributed by atoms with Crippen LogP contribution in [0.3, 0.4) is 0 Å². The number of halogens is 2. The van der Waals surface area contributed by atoms with Crippen molar-refractivity contribution >= 4 is 11.9 Å². The Morgan fingerprint density at radius 1 is 0.569 bits per heavy atom. The van der Waals surface area contributed by atoms with Crippen molar-refractivity contribution in [3.8, 4) is 0 Å². The minimum atomic E-state index is -2.82. The van der Waals surface area contributed by atoms with Gasteiger partial charge in [0.25, 0.3) is 5.92 Å². The molecule has 6 heteroatoms. The third-order valence-electron chi connectivity index (χ3n) is 8.89. The highest BCUT2D eigenvalue weighted by atomic mass is 19.3. The third kappa shape index (κ3) is 44.4. The van der Waals surface area contributed by atoms with Gasteiger partial charge in [-0.15, -0.1) is 0 Å². The lowest BCUT2D eigenvalue weighted by molar-refractivity contribution is -0.146. The summed E-state index contributed by atoms with van der Waals surface area (Å²) in [6.07, 6.45) is 31.7. The van der Waals surface area contributed by atoms with E-state index in [2.05, 4.69) is 54.5 Å². The van der Waals surface area contributed by atoms with Gasteiger partial charge in [-0.1, -0.05) is 164 Å². The van der Waals surface area contributed by atoms with Crippen molar-refractivity contribution in [2.24, 2.45) is 10.8 Å². The highest BCUT2D eigenvalue weighted by molar-refractivity contribution is 5.69. The second-order valence-electron chi connectivity index (χ2n) is 17.1. The first-order valence-electron chi connectivity index (χ1n) is 21.1. The van der Waals surface area contributed by atoms with Crippen molar-refractivity contribution in [2.45, 2.75) is 235 Å². The molecule has 0 heterocycles. The topological polar surface area (TPSA) is 52.6 Å². The predicted molar refractivity (Wildman–Crippen MR) is 215 cm³/mol. The van der Waals surface area contributed by atoms with E-state index >= 15 is 0 Å².